The molecular formula is C19H28IN5O2S2. The zero-order valence-corrected chi connectivity index (χ0v) is 20.3. The lowest BCUT2D eigenvalue weighted by molar-refractivity contribution is 0.249. The fourth-order valence-corrected chi connectivity index (χ4v) is 4.72. The van der Waals surface area contributed by atoms with E-state index in [1.165, 1.54) is 29.9 Å². The van der Waals surface area contributed by atoms with E-state index in [4.69, 9.17) is 5.14 Å². The Morgan fingerprint density at radius 2 is 1.90 bits per heavy atom. The first-order valence-corrected chi connectivity index (χ1v) is 11.7. The molecule has 10 heteroatoms. The van der Waals surface area contributed by atoms with E-state index in [1.54, 1.807) is 30.5 Å². The van der Waals surface area contributed by atoms with Crippen LogP contribution < -0.4 is 15.8 Å². The van der Waals surface area contributed by atoms with Crippen molar-refractivity contribution in [1.82, 2.24) is 15.5 Å². The summed E-state index contributed by atoms with van der Waals surface area (Å²) in [6.07, 6.45) is 2.51. The average molecular weight is 550 g/mol. The molecule has 1 fully saturated rings. The molecule has 1 atom stereocenters. The van der Waals surface area contributed by atoms with Crippen LogP contribution in [0.25, 0.3) is 0 Å². The Kier molecular flexibility index (Phi) is 9.34. The molecule has 3 rings (SSSR count). The van der Waals surface area contributed by atoms with Crippen LogP contribution in [0.15, 0.2) is 51.7 Å². The minimum Gasteiger partial charge on any atom is -0.354 e. The largest absolute Gasteiger partial charge is 0.354 e. The van der Waals surface area contributed by atoms with Gasteiger partial charge in [-0.2, -0.15) is 0 Å². The molecule has 29 heavy (non-hydrogen) atoms. The SMILES string of the molecule is CN=C(NCc1ccc(S(N)(=O)=O)cc1)NCC(c1cccs1)N1CCCC1.I. The van der Waals surface area contributed by atoms with Crippen molar-refractivity contribution in [3.8, 4) is 0 Å². The van der Waals surface area contributed by atoms with Gasteiger partial charge in [0.2, 0.25) is 10.0 Å². The van der Waals surface area contributed by atoms with E-state index in [-0.39, 0.29) is 28.9 Å². The van der Waals surface area contributed by atoms with E-state index in [0.29, 0.717) is 12.6 Å². The maximum absolute atomic E-state index is 11.3. The van der Waals surface area contributed by atoms with E-state index in [9.17, 15) is 8.42 Å². The maximum atomic E-state index is 11.3. The third kappa shape index (κ3) is 6.92. The van der Waals surface area contributed by atoms with Crippen LogP contribution in [0.1, 0.15) is 29.3 Å². The van der Waals surface area contributed by atoms with Gasteiger partial charge in [-0.25, -0.2) is 13.6 Å². The van der Waals surface area contributed by atoms with Gasteiger partial charge >= 0.3 is 0 Å². The van der Waals surface area contributed by atoms with Gasteiger partial charge in [0.25, 0.3) is 0 Å². The molecule has 1 aromatic carbocycles. The molecule has 2 heterocycles. The third-order valence-electron chi connectivity index (χ3n) is 4.85. The molecule has 1 unspecified atom stereocenters. The minimum absolute atomic E-state index is 0. The molecule has 160 valence electrons. The van der Waals surface area contributed by atoms with Gasteiger partial charge in [0.15, 0.2) is 5.96 Å². The number of sulfonamides is 1. The molecule has 7 nitrogen and oxygen atoms in total. The number of benzene rings is 1. The van der Waals surface area contributed by atoms with Gasteiger partial charge in [-0.3, -0.25) is 9.89 Å². The lowest BCUT2D eigenvalue weighted by Gasteiger charge is -2.27. The summed E-state index contributed by atoms with van der Waals surface area (Å²) in [6.45, 7) is 3.59. The molecule has 2 aromatic rings. The Morgan fingerprint density at radius 3 is 2.45 bits per heavy atom. The lowest BCUT2D eigenvalue weighted by atomic mass is 10.2. The molecule has 0 saturated carbocycles. The highest BCUT2D eigenvalue weighted by Gasteiger charge is 2.24. The monoisotopic (exact) mass is 549 g/mol. The van der Waals surface area contributed by atoms with Crippen molar-refractivity contribution in [2.45, 2.75) is 30.3 Å². The van der Waals surface area contributed by atoms with Crippen LogP contribution >= 0.6 is 35.3 Å². The van der Waals surface area contributed by atoms with Crippen LogP contribution in [-0.2, 0) is 16.6 Å². The third-order valence-corrected chi connectivity index (χ3v) is 6.75. The van der Waals surface area contributed by atoms with E-state index >= 15 is 0 Å². The Bertz CT molecular complexity index is 880. The van der Waals surface area contributed by atoms with E-state index < -0.39 is 10.0 Å². The molecule has 0 aliphatic carbocycles. The molecule has 0 bridgehead atoms. The molecule has 0 radical (unpaired) electrons. The Labute approximate surface area is 193 Å². The quantitative estimate of drug-likeness (QED) is 0.280. The van der Waals surface area contributed by atoms with Crippen molar-refractivity contribution in [1.29, 1.82) is 0 Å². The second-order valence-electron chi connectivity index (χ2n) is 6.77. The van der Waals surface area contributed by atoms with Crippen LogP contribution in [0, 0.1) is 0 Å². The molecule has 1 aromatic heterocycles. The number of thiophene rings is 1. The van der Waals surface area contributed by atoms with Crippen molar-refractivity contribution in [3.63, 3.8) is 0 Å². The highest BCUT2D eigenvalue weighted by Crippen LogP contribution is 2.27. The number of likely N-dealkylation sites (tertiary alicyclic amines) is 1. The molecule has 1 aliphatic heterocycles. The van der Waals surface area contributed by atoms with Crippen LogP contribution in [-0.4, -0.2) is 46.0 Å². The number of hydrogen-bond acceptors (Lipinski definition) is 5. The Balaban J connectivity index is 0.00000300. The number of nitrogens with zero attached hydrogens (tertiary/aromatic N) is 2. The van der Waals surface area contributed by atoms with E-state index in [1.807, 2.05) is 0 Å². The average Bonchev–Trinajstić information content (AvgIpc) is 3.38. The van der Waals surface area contributed by atoms with Gasteiger partial charge in [0.1, 0.15) is 0 Å². The number of guanidine groups is 1. The fraction of sp³-hybridized carbons (Fsp3) is 0.421. The first kappa shape index (κ1) is 24.1. The second kappa shape index (κ2) is 11.3. The minimum atomic E-state index is -3.66. The van der Waals surface area contributed by atoms with Gasteiger partial charge in [-0.15, -0.1) is 35.3 Å². The summed E-state index contributed by atoms with van der Waals surface area (Å²) in [5.41, 5.74) is 0.949. The summed E-state index contributed by atoms with van der Waals surface area (Å²) in [6, 6.07) is 11.2. The first-order chi connectivity index (χ1) is 13.5. The van der Waals surface area contributed by atoms with Crippen molar-refractivity contribution in [3.05, 3.63) is 52.2 Å². The van der Waals surface area contributed by atoms with Crippen LogP contribution in [0.4, 0.5) is 0 Å². The normalized spacial score (nSPS) is 16.3. The summed E-state index contributed by atoms with van der Waals surface area (Å²) in [5.74, 6) is 0.719. The predicted octanol–water partition coefficient (Wildman–Crippen LogP) is 2.52. The highest BCUT2D eigenvalue weighted by atomic mass is 127. The Hall–Kier alpha value is -1.21. The number of hydrogen-bond donors (Lipinski definition) is 3. The highest BCUT2D eigenvalue weighted by molar-refractivity contribution is 14.0. The number of nitrogens with two attached hydrogens (primary N) is 1. The van der Waals surface area contributed by atoms with Crippen LogP contribution in [0.5, 0.6) is 0 Å². The van der Waals surface area contributed by atoms with Crippen LogP contribution in [0.3, 0.4) is 0 Å². The fourth-order valence-electron chi connectivity index (χ4n) is 3.34. The zero-order chi connectivity index (χ0) is 20.0. The van der Waals surface area contributed by atoms with Gasteiger partial charge < -0.3 is 10.6 Å². The van der Waals surface area contributed by atoms with E-state index in [0.717, 1.165) is 31.2 Å². The van der Waals surface area contributed by atoms with Crippen molar-refractivity contribution < 1.29 is 8.42 Å². The second-order valence-corrected chi connectivity index (χ2v) is 9.31. The molecule has 4 N–H and O–H groups in total. The van der Waals surface area contributed by atoms with Crippen molar-refractivity contribution in [2.75, 3.05) is 26.7 Å². The standard InChI is InChI=1S/C19H27N5O2S2.HI/c1-21-19(22-13-15-6-8-16(9-7-15)28(20,25)26)23-14-17(18-5-4-12-27-18)24-10-2-3-11-24;/h4-9,12,17H,2-3,10-11,13-14H2,1H3,(H2,20,25,26)(H2,21,22,23);1H. The zero-order valence-electron chi connectivity index (χ0n) is 16.4. The summed E-state index contributed by atoms with van der Waals surface area (Å²) in [4.78, 5) is 8.31. The smallest absolute Gasteiger partial charge is 0.238 e. The number of nitrogens with one attached hydrogen (secondary N) is 2. The summed E-state index contributed by atoms with van der Waals surface area (Å²) in [7, 11) is -1.92. The topological polar surface area (TPSA) is 99.8 Å². The first-order valence-electron chi connectivity index (χ1n) is 9.31. The van der Waals surface area contributed by atoms with Gasteiger partial charge in [0, 0.05) is 25.0 Å². The van der Waals surface area contributed by atoms with Crippen LogP contribution in [0.2, 0.25) is 0 Å². The molecular weight excluding hydrogens is 521 g/mol. The van der Waals surface area contributed by atoms with Crippen molar-refractivity contribution >= 4 is 51.3 Å². The molecule has 1 saturated heterocycles. The maximum Gasteiger partial charge on any atom is 0.238 e. The number of primary sulfonamides is 1. The lowest BCUT2D eigenvalue weighted by Crippen LogP contribution is -2.42. The summed E-state index contributed by atoms with van der Waals surface area (Å²) >= 11 is 1.79. The summed E-state index contributed by atoms with van der Waals surface area (Å²) < 4.78 is 22.7. The van der Waals surface area contributed by atoms with Crippen molar-refractivity contribution in [2.24, 2.45) is 10.1 Å². The number of halogens is 1. The number of aliphatic imine (C=N–C) groups is 1. The predicted molar refractivity (Wildman–Crippen MR) is 129 cm³/mol. The Morgan fingerprint density at radius 1 is 1.21 bits per heavy atom. The van der Waals surface area contributed by atoms with Gasteiger partial charge in [-0.05, 0) is 55.1 Å². The van der Waals surface area contributed by atoms with Gasteiger partial charge in [0.05, 0.1) is 10.9 Å². The molecule has 1 aliphatic rings. The summed E-state index contributed by atoms with van der Waals surface area (Å²) in [5, 5.41) is 14.0. The van der Waals surface area contributed by atoms with E-state index in [2.05, 4.69) is 38.0 Å². The van der Waals surface area contributed by atoms with Gasteiger partial charge in [-0.1, -0.05) is 18.2 Å². The molecule has 0 amide bonds. The number of rotatable bonds is 7. The molecule has 0 spiro atoms.